The molecule has 1 amide bonds. The highest BCUT2D eigenvalue weighted by Gasteiger charge is 2.12. The van der Waals surface area contributed by atoms with Gasteiger partial charge in [-0.2, -0.15) is 0 Å². The first-order valence-electron chi connectivity index (χ1n) is 5.36. The van der Waals surface area contributed by atoms with Crippen molar-refractivity contribution in [3.63, 3.8) is 0 Å². The maximum absolute atomic E-state index is 11.4. The van der Waals surface area contributed by atoms with E-state index < -0.39 is 0 Å². The quantitative estimate of drug-likeness (QED) is 0.781. The van der Waals surface area contributed by atoms with Gasteiger partial charge in [0.15, 0.2) is 0 Å². The fourth-order valence-electron chi connectivity index (χ4n) is 1.09. The van der Waals surface area contributed by atoms with Crippen molar-refractivity contribution in [2.75, 3.05) is 13.2 Å². The van der Waals surface area contributed by atoms with Crippen LogP contribution >= 0.6 is 0 Å². The maximum atomic E-state index is 11.4. The van der Waals surface area contributed by atoms with Gasteiger partial charge in [-0.15, -0.1) is 0 Å². The molecule has 0 aliphatic carbocycles. The van der Waals surface area contributed by atoms with Crippen LogP contribution in [-0.2, 0) is 16.0 Å². The highest BCUT2D eigenvalue weighted by Crippen LogP contribution is 2.05. The van der Waals surface area contributed by atoms with Crippen molar-refractivity contribution < 1.29 is 9.53 Å². The number of hydrogen-bond donors (Lipinski definition) is 2. The summed E-state index contributed by atoms with van der Waals surface area (Å²) in [5.41, 5.74) is -0.279. The van der Waals surface area contributed by atoms with Crippen LogP contribution in [0.1, 0.15) is 26.6 Å². The van der Waals surface area contributed by atoms with Gasteiger partial charge in [-0.05, 0) is 20.8 Å². The standard InChI is InChI=1S/C11H19N3O2/c1-11(2,3)16-8-10(15)14-5-4-9-12-6-7-13-9/h6-7H,4-5,8H2,1-3H3,(H,12,13)(H,14,15). The summed E-state index contributed by atoms with van der Waals surface area (Å²) in [5, 5.41) is 2.77. The maximum Gasteiger partial charge on any atom is 0.246 e. The second-order valence-corrected chi connectivity index (χ2v) is 4.54. The number of aromatic nitrogens is 2. The van der Waals surface area contributed by atoms with Crippen LogP contribution in [0.25, 0.3) is 0 Å². The fourth-order valence-corrected chi connectivity index (χ4v) is 1.09. The molecule has 0 atom stereocenters. The summed E-state index contributed by atoms with van der Waals surface area (Å²) in [5.74, 6) is 0.776. The molecular weight excluding hydrogens is 206 g/mol. The molecule has 1 aromatic rings. The van der Waals surface area contributed by atoms with E-state index >= 15 is 0 Å². The Balaban J connectivity index is 2.11. The van der Waals surface area contributed by atoms with E-state index in [2.05, 4.69) is 15.3 Å². The van der Waals surface area contributed by atoms with Gasteiger partial charge >= 0.3 is 0 Å². The van der Waals surface area contributed by atoms with Gasteiger partial charge in [0.25, 0.3) is 0 Å². The van der Waals surface area contributed by atoms with Crippen molar-refractivity contribution in [2.45, 2.75) is 32.8 Å². The van der Waals surface area contributed by atoms with Gasteiger partial charge in [0, 0.05) is 25.4 Å². The Morgan fingerprint density at radius 3 is 2.88 bits per heavy atom. The summed E-state index contributed by atoms with van der Waals surface area (Å²) in [4.78, 5) is 18.4. The molecule has 0 aromatic carbocycles. The average molecular weight is 225 g/mol. The predicted molar refractivity (Wildman–Crippen MR) is 61.0 cm³/mol. The van der Waals surface area contributed by atoms with Crippen LogP contribution in [0.2, 0.25) is 0 Å². The molecule has 0 fully saturated rings. The van der Waals surface area contributed by atoms with E-state index in [0.717, 1.165) is 5.82 Å². The van der Waals surface area contributed by atoms with Gasteiger partial charge in [0.2, 0.25) is 5.91 Å². The zero-order valence-electron chi connectivity index (χ0n) is 10.0. The third-order valence-corrected chi connectivity index (χ3v) is 1.88. The number of ether oxygens (including phenoxy) is 1. The molecule has 0 saturated carbocycles. The van der Waals surface area contributed by atoms with Crippen LogP contribution in [0.4, 0.5) is 0 Å². The molecule has 1 aromatic heterocycles. The molecule has 0 saturated heterocycles. The number of H-pyrrole nitrogens is 1. The molecule has 0 bridgehead atoms. The van der Waals surface area contributed by atoms with E-state index in [0.29, 0.717) is 13.0 Å². The van der Waals surface area contributed by atoms with Gasteiger partial charge in [-0.1, -0.05) is 0 Å². The van der Waals surface area contributed by atoms with Crippen LogP contribution in [0.3, 0.4) is 0 Å². The summed E-state index contributed by atoms with van der Waals surface area (Å²) in [6, 6.07) is 0. The van der Waals surface area contributed by atoms with Crippen molar-refractivity contribution in [1.82, 2.24) is 15.3 Å². The monoisotopic (exact) mass is 225 g/mol. The van der Waals surface area contributed by atoms with Crippen LogP contribution in [0, 0.1) is 0 Å². The van der Waals surface area contributed by atoms with E-state index in [1.54, 1.807) is 12.4 Å². The zero-order valence-corrected chi connectivity index (χ0v) is 10.0. The largest absolute Gasteiger partial charge is 0.366 e. The number of nitrogens with one attached hydrogen (secondary N) is 2. The van der Waals surface area contributed by atoms with Crippen molar-refractivity contribution in [3.8, 4) is 0 Å². The molecule has 16 heavy (non-hydrogen) atoms. The van der Waals surface area contributed by atoms with Gasteiger partial charge in [-0.25, -0.2) is 4.98 Å². The lowest BCUT2D eigenvalue weighted by molar-refractivity contribution is -0.130. The molecule has 0 aliphatic heterocycles. The molecule has 2 N–H and O–H groups in total. The van der Waals surface area contributed by atoms with E-state index in [1.807, 2.05) is 20.8 Å². The minimum absolute atomic E-state index is 0.0959. The lowest BCUT2D eigenvalue weighted by atomic mass is 10.2. The second-order valence-electron chi connectivity index (χ2n) is 4.54. The number of carbonyl (C=O) groups is 1. The molecule has 5 nitrogen and oxygen atoms in total. The summed E-state index contributed by atoms with van der Waals surface area (Å²) in [6.07, 6.45) is 4.16. The topological polar surface area (TPSA) is 67.0 Å². The Morgan fingerprint density at radius 2 is 2.31 bits per heavy atom. The van der Waals surface area contributed by atoms with E-state index in [1.165, 1.54) is 0 Å². The van der Waals surface area contributed by atoms with Crippen molar-refractivity contribution in [3.05, 3.63) is 18.2 Å². The van der Waals surface area contributed by atoms with Crippen molar-refractivity contribution in [2.24, 2.45) is 0 Å². The molecule has 0 spiro atoms. The van der Waals surface area contributed by atoms with E-state index in [-0.39, 0.29) is 18.1 Å². The van der Waals surface area contributed by atoms with Gasteiger partial charge in [0.05, 0.1) is 5.60 Å². The minimum atomic E-state index is -0.279. The average Bonchev–Trinajstić information content (AvgIpc) is 2.66. The number of nitrogens with zero attached hydrogens (tertiary/aromatic N) is 1. The lowest BCUT2D eigenvalue weighted by Crippen LogP contribution is -2.33. The second kappa shape index (κ2) is 5.65. The Kier molecular flexibility index (Phi) is 4.49. The predicted octanol–water partition coefficient (Wildman–Crippen LogP) is 0.883. The van der Waals surface area contributed by atoms with Gasteiger partial charge < -0.3 is 15.0 Å². The Hall–Kier alpha value is -1.36. The molecule has 0 aliphatic rings. The van der Waals surface area contributed by atoms with Crippen molar-refractivity contribution in [1.29, 1.82) is 0 Å². The molecule has 1 rings (SSSR count). The molecular formula is C11H19N3O2. The normalized spacial score (nSPS) is 11.4. The summed E-state index contributed by atoms with van der Waals surface area (Å²) in [6.45, 7) is 6.43. The molecule has 0 radical (unpaired) electrons. The molecule has 0 unspecified atom stereocenters. The number of carbonyl (C=O) groups excluding carboxylic acids is 1. The smallest absolute Gasteiger partial charge is 0.246 e. The number of amides is 1. The van der Waals surface area contributed by atoms with Crippen LogP contribution < -0.4 is 5.32 Å². The summed E-state index contributed by atoms with van der Waals surface area (Å²) < 4.78 is 5.34. The highest BCUT2D eigenvalue weighted by atomic mass is 16.5. The van der Waals surface area contributed by atoms with E-state index in [4.69, 9.17) is 4.74 Å². The zero-order chi connectivity index (χ0) is 12.0. The number of rotatable bonds is 5. The third-order valence-electron chi connectivity index (χ3n) is 1.88. The Labute approximate surface area is 95.6 Å². The highest BCUT2D eigenvalue weighted by molar-refractivity contribution is 5.77. The van der Waals surface area contributed by atoms with E-state index in [9.17, 15) is 4.79 Å². The first kappa shape index (κ1) is 12.7. The van der Waals surface area contributed by atoms with Crippen LogP contribution in [0.5, 0.6) is 0 Å². The van der Waals surface area contributed by atoms with Crippen molar-refractivity contribution >= 4 is 5.91 Å². The fraction of sp³-hybridized carbons (Fsp3) is 0.636. The summed E-state index contributed by atoms with van der Waals surface area (Å²) >= 11 is 0. The van der Waals surface area contributed by atoms with Crippen LogP contribution in [-0.4, -0.2) is 34.6 Å². The Morgan fingerprint density at radius 1 is 1.56 bits per heavy atom. The molecule has 5 heteroatoms. The lowest BCUT2D eigenvalue weighted by Gasteiger charge is -2.18. The van der Waals surface area contributed by atoms with Gasteiger partial charge in [-0.3, -0.25) is 4.79 Å². The third kappa shape index (κ3) is 5.50. The SMILES string of the molecule is CC(C)(C)OCC(=O)NCCc1ncc[nH]1. The molecule has 90 valence electrons. The number of aromatic amines is 1. The van der Waals surface area contributed by atoms with Gasteiger partial charge in [0.1, 0.15) is 12.4 Å². The number of hydrogen-bond acceptors (Lipinski definition) is 3. The first-order valence-corrected chi connectivity index (χ1v) is 5.36. The van der Waals surface area contributed by atoms with Crippen LogP contribution in [0.15, 0.2) is 12.4 Å². The Bertz CT molecular complexity index is 314. The first-order chi connectivity index (χ1) is 7.47. The summed E-state index contributed by atoms with van der Waals surface area (Å²) in [7, 11) is 0. The minimum Gasteiger partial charge on any atom is -0.366 e. The molecule has 1 heterocycles. The number of imidazole rings is 1.